The molecule has 0 saturated carbocycles. The molecule has 0 atom stereocenters. The molecule has 13 heavy (non-hydrogen) atoms. The van der Waals surface area contributed by atoms with Crippen LogP contribution in [0.4, 0.5) is 0 Å². The van der Waals surface area contributed by atoms with Crippen LogP contribution in [0.3, 0.4) is 0 Å². The summed E-state index contributed by atoms with van der Waals surface area (Å²) in [5, 5.41) is 9.01. The summed E-state index contributed by atoms with van der Waals surface area (Å²) in [6.45, 7) is 0.186. The fourth-order valence-electron chi connectivity index (χ4n) is 1.64. The molecule has 0 fully saturated rings. The molecule has 1 aliphatic rings. The highest BCUT2D eigenvalue weighted by atomic mass is 79.9. The number of aryl methyl sites for hydroxylation is 1. The van der Waals surface area contributed by atoms with Crippen molar-refractivity contribution in [2.45, 2.75) is 12.8 Å². The first kappa shape index (κ1) is 8.97. The van der Waals surface area contributed by atoms with Crippen LogP contribution in [0, 0.1) is 0 Å². The average molecular weight is 239 g/mol. The van der Waals surface area contributed by atoms with E-state index in [0.29, 0.717) is 0 Å². The van der Waals surface area contributed by atoms with Crippen LogP contribution in [-0.4, -0.2) is 11.7 Å². The van der Waals surface area contributed by atoms with Crippen LogP contribution in [0.1, 0.15) is 17.5 Å². The van der Waals surface area contributed by atoms with E-state index >= 15 is 0 Å². The van der Waals surface area contributed by atoms with E-state index in [9.17, 15) is 0 Å². The minimum atomic E-state index is 0.186. The van der Waals surface area contributed by atoms with Gasteiger partial charge in [0, 0.05) is 4.47 Å². The fraction of sp³-hybridized carbons (Fsp3) is 0.273. The second-order valence-corrected chi connectivity index (χ2v) is 4.22. The van der Waals surface area contributed by atoms with Gasteiger partial charge in [0.2, 0.25) is 0 Å². The van der Waals surface area contributed by atoms with E-state index in [1.165, 1.54) is 11.1 Å². The lowest BCUT2D eigenvalue weighted by Crippen LogP contribution is -2.01. The predicted octanol–water partition coefficient (Wildman–Crippen LogP) is 2.77. The molecule has 1 aromatic rings. The van der Waals surface area contributed by atoms with Crippen molar-refractivity contribution in [3.05, 3.63) is 39.4 Å². The highest BCUT2D eigenvalue weighted by Gasteiger charge is 2.09. The standard InChI is InChI=1S/C11H11BrO/c12-11-4-3-9-2-1-8(7-13)5-10(9)6-11/h3-6,13H,1-2,7H2. The van der Waals surface area contributed by atoms with Gasteiger partial charge in [-0.05, 0) is 41.7 Å². The molecule has 2 rings (SSSR count). The smallest absolute Gasteiger partial charge is 0.0645 e. The third kappa shape index (κ3) is 1.84. The summed E-state index contributed by atoms with van der Waals surface area (Å²) >= 11 is 3.44. The van der Waals surface area contributed by atoms with Crippen molar-refractivity contribution in [3.8, 4) is 0 Å². The van der Waals surface area contributed by atoms with E-state index in [2.05, 4.69) is 40.2 Å². The van der Waals surface area contributed by atoms with Crippen LogP contribution < -0.4 is 0 Å². The molecule has 1 aliphatic carbocycles. The first-order valence-corrected chi connectivity index (χ1v) is 5.17. The molecule has 68 valence electrons. The molecule has 0 aliphatic heterocycles. The largest absolute Gasteiger partial charge is 0.392 e. The van der Waals surface area contributed by atoms with Crippen LogP contribution in [0.5, 0.6) is 0 Å². The van der Waals surface area contributed by atoms with Gasteiger partial charge >= 0.3 is 0 Å². The van der Waals surface area contributed by atoms with Crippen LogP contribution in [-0.2, 0) is 6.42 Å². The molecule has 0 heterocycles. The second kappa shape index (κ2) is 3.64. The number of benzene rings is 1. The van der Waals surface area contributed by atoms with Crippen molar-refractivity contribution in [2.24, 2.45) is 0 Å². The minimum Gasteiger partial charge on any atom is -0.392 e. The van der Waals surface area contributed by atoms with E-state index in [-0.39, 0.29) is 6.61 Å². The Bertz CT molecular complexity index is 355. The summed E-state index contributed by atoms with van der Waals surface area (Å²) < 4.78 is 1.10. The lowest BCUT2D eigenvalue weighted by atomic mass is 9.93. The zero-order chi connectivity index (χ0) is 9.26. The number of rotatable bonds is 1. The molecule has 1 N–H and O–H groups in total. The van der Waals surface area contributed by atoms with E-state index in [0.717, 1.165) is 22.9 Å². The molecule has 2 heteroatoms. The zero-order valence-electron chi connectivity index (χ0n) is 7.26. The topological polar surface area (TPSA) is 20.2 Å². The Morgan fingerprint density at radius 3 is 2.92 bits per heavy atom. The average Bonchev–Trinajstić information content (AvgIpc) is 2.16. The Kier molecular flexibility index (Phi) is 2.51. The fourth-order valence-corrected chi connectivity index (χ4v) is 2.02. The van der Waals surface area contributed by atoms with Gasteiger partial charge in [-0.1, -0.05) is 28.1 Å². The van der Waals surface area contributed by atoms with E-state index in [4.69, 9.17) is 5.11 Å². The first-order chi connectivity index (χ1) is 6.29. The van der Waals surface area contributed by atoms with Gasteiger partial charge in [0.05, 0.1) is 6.61 Å². The minimum absolute atomic E-state index is 0.186. The number of aliphatic hydroxyl groups is 1. The molecule has 0 bridgehead atoms. The molecular weight excluding hydrogens is 228 g/mol. The highest BCUT2D eigenvalue weighted by molar-refractivity contribution is 9.10. The molecule has 1 nitrogen and oxygen atoms in total. The Morgan fingerprint density at radius 2 is 2.15 bits per heavy atom. The molecule has 0 saturated heterocycles. The lowest BCUT2D eigenvalue weighted by molar-refractivity contribution is 0.327. The van der Waals surface area contributed by atoms with Crippen LogP contribution in [0.2, 0.25) is 0 Å². The van der Waals surface area contributed by atoms with Crippen molar-refractivity contribution < 1.29 is 5.11 Å². The van der Waals surface area contributed by atoms with Crippen molar-refractivity contribution in [3.63, 3.8) is 0 Å². The lowest BCUT2D eigenvalue weighted by Gasteiger charge is -2.14. The van der Waals surface area contributed by atoms with Crippen molar-refractivity contribution in [2.75, 3.05) is 6.61 Å². The normalized spacial score (nSPS) is 15.1. The van der Waals surface area contributed by atoms with E-state index in [1.807, 2.05) is 0 Å². The van der Waals surface area contributed by atoms with Gasteiger partial charge in [-0.25, -0.2) is 0 Å². The third-order valence-electron chi connectivity index (χ3n) is 2.39. The SMILES string of the molecule is OCC1=Cc2cc(Br)ccc2CC1. The number of halogens is 1. The zero-order valence-corrected chi connectivity index (χ0v) is 8.84. The maximum atomic E-state index is 9.01. The highest BCUT2D eigenvalue weighted by Crippen LogP contribution is 2.26. The molecule has 0 radical (unpaired) electrons. The Hall–Kier alpha value is -0.600. The van der Waals surface area contributed by atoms with Gasteiger partial charge in [0.1, 0.15) is 0 Å². The summed E-state index contributed by atoms with van der Waals surface area (Å²) in [6, 6.07) is 6.31. The van der Waals surface area contributed by atoms with Crippen molar-refractivity contribution >= 4 is 22.0 Å². The van der Waals surface area contributed by atoms with Crippen molar-refractivity contribution in [1.29, 1.82) is 0 Å². The maximum Gasteiger partial charge on any atom is 0.0645 e. The number of hydrogen-bond donors (Lipinski definition) is 1. The van der Waals surface area contributed by atoms with Crippen molar-refractivity contribution in [1.82, 2.24) is 0 Å². The van der Waals surface area contributed by atoms with Gasteiger partial charge in [0.15, 0.2) is 0 Å². The van der Waals surface area contributed by atoms with Crippen LogP contribution >= 0.6 is 15.9 Å². The summed E-state index contributed by atoms with van der Waals surface area (Å²) in [4.78, 5) is 0. The molecule has 0 amide bonds. The summed E-state index contributed by atoms with van der Waals surface area (Å²) in [6.07, 6.45) is 4.13. The van der Waals surface area contributed by atoms with Gasteiger partial charge in [-0.3, -0.25) is 0 Å². The van der Waals surface area contributed by atoms with Gasteiger partial charge in [-0.15, -0.1) is 0 Å². The van der Waals surface area contributed by atoms with Gasteiger partial charge in [-0.2, -0.15) is 0 Å². The third-order valence-corrected chi connectivity index (χ3v) is 2.88. The molecule has 0 aromatic heterocycles. The van der Waals surface area contributed by atoms with E-state index < -0.39 is 0 Å². The van der Waals surface area contributed by atoms with Crippen LogP contribution in [0.15, 0.2) is 28.2 Å². The number of hydrogen-bond acceptors (Lipinski definition) is 1. The molecular formula is C11H11BrO. The number of aliphatic hydroxyl groups excluding tert-OH is 1. The first-order valence-electron chi connectivity index (χ1n) is 4.38. The Morgan fingerprint density at radius 1 is 1.31 bits per heavy atom. The quantitative estimate of drug-likeness (QED) is 0.798. The maximum absolute atomic E-state index is 9.01. The number of fused-ring (bicyclic) bond motifs is 1. The summed E-state index contributed by atoms with van der Waals surface area (Å²) in [5.74, 6) is 0. The van der Waals surface area contributed by atoms with Gasteiger partial charge in [0.25, 0.3) is 0 Å². The molecule has 0 unspecified atom stereocenters. The van der Waals surface area contributed by atoms with E-state index in [1.54, 1.807) is 0 Å². The second-order valence-electron chi connectivity index (χ2n) is 3.30. The Balaban J connectivity index is 2.44. The predicted molar refractivity (Wildman–Crippen MR) is 57.5 cm³/mol. The summed E-state index contributed by atoms with van der Waals surface area (Å²) in [5.41, 5.74) is 3.75. The van der Waals surface area contributed by atoms with Gasteiger partial charge < -0.3 is 5.11 Å². The monoisotopic (exact) mass is 238 g/mol. The Labute approximate surface area is 86.2 Å². The van der Waals surface area contributed by atoms with Crippen LogP contribution in [0.25, 0.3) is 6.08 Å². The molecule has 0 spiro atoms. The molecule has 1 aromatic carbocycles. The summed E-state index contributed by atoms with van der Waals surface area (Å²) in [7, 11) is 0.